The number of carbonyl (C=O) groups is 1. The molecular formula is C12H15NO2. The number of benzene rings is 1. The van der Waals surface area contributed by atoms with Gasteiger partial charge in [-0.15, -0.1) is 0 Å². The topological polar surface area (TPSA) is 38.3 Å². The Morgan fingerprint density at radius 1 is 1.33 bits per heavy atom. The monoisotopic (exact) mass is 205 g/mol. The summed E-state index contributed by atoms with van der Waals surface area (Å²) in [6, 6.07) is 5.91. The van der Waals surface area contributed by atoms with Crippen LogP contribution in [0.15, 0.2) is 18.2 Å². The lowest BCUT2D eigenvalue weighted by Crippen LogP contribution is -2.08. The molecule has 2 unspecified atom stereocenters. The third kappa shape index (κ3) is 1.75. The summed E-state index contributed by atoms with van der Waals surface area (Å²) in [6.45, 7) is 5.55. The highest BCUT2D eigenvalue weighted by molar-refractivity contribution is 5.90. The molecule has 0 aliphatic carbocycles. The van der Waals surface area contributed by atoms with E-state index >= 15 is 0 Å². The van der Waals surface area contributed by atoms with Crippen molar-refractivity contribution >= 4 is 11.6 Å². The molecule has 1 aliphatic heterocycles. The fraction of sp³-hybridized carbons (Fsp3) is 0.417. The zero-order valence-corrected chi connectivity index (χ0v) is 9.20. The number of fused-ring (bicyclic) bond motifs is 1. The Bertz CT molecular complexity index is 401. The molecule has 3 heteroatoms. The third-order valence-corrected chi connectivity index (χ3v) is 2.70. The predicted octanol–water partition coefficient (Wildman–Crippen LogP) is 2.80. The van der Waals surface area contributed by atoms with Gasteiger partial charge in [0, 0.05) is 18.2 Å². The van der Waals surface area contributed by atoms with Gasteiger partial charge in [0.2, 0.25) is 5.91 Å². The molecule has 0 saturated heterocycles. The molecule has 2 atom stereocenters. The molecule has 1 aromatic carbocycles. The van der Waals surface area contributed by atoms with E-state index in [0.29, 0.717) is 0 Å². The summed E-state index contributed by atoms with van der Waals surface area (Å²) >= 11 is 0. The average Bonchev–Trinajstić information content (AvgIpc) is 2.43. The highest BCUT2D eigenvalue weighted by atomic mass is 16.5. The Morgan fingerprint density at radius 2 is 2.07 bits per heavy atom. The van der Waals surface area contributed by atoms with Gasteiger partial charge in [0.1, 0.15) is 0 Å². The number of hydrogen-bond donors (Lipinski definition) is 1. The van der Waals surface area contributed by atoms with Crippen molar-refractivity contribution in [3.63, 3.8) is 0 Å². The zero-order chi connectivity index (χ0) is 11.0. The molecular weight excluding hydrogens is 190 g/mol. The highest BCUT2D eigenvalue weighted by Crippen LogP contribution is 2.42. The van der Waals surface area contributed by atoms with E-state index in [1.807, 2.05) is 26.0 Å². The molecule has 1 heterocycles. The normalized spacial score (nSPS) is 23.7. The lowest BCUT2D eigenvalue weighted by Gasteiger charge is -2.10. The van der Waals surface area contributed by atoms with Crippen molar-refractivity contribution in [1.29, 1.82) is 0 Å². The highest BCUT2D eigenvalue weighted by Gasteiger charge is 2.28. The number of amides is 1. The molecule has 0 fully saturated rings. The minimum absolute atomic E-state index is 0.0462. The van der Waals surface area contributed by atoms with Crippen LogP contribution in [-0.2, 0) is 9.53 Å². The van der Waals surface area contributed by atoms with Gasteiger partial charge in [0.15, 0.2) is 0 Å². The molecule has 0 aromatic heterocycles. The van der Waals surface area contributed by atoms with Crippen LogP contribution in [0.2, 0.25) is 0 Å². The standard InChI is InChI=1S/C12H15NO2/c1-7-10-5-4-6-11(13-9(3)14)12(10)8(2)15-7/h4-8H,1-3H3,(H,13,14). The third-order valence-electron chi connectivity index (χ3n) is 2.70. The summed E-state index contributed by atoms with van der Waals surface area (Å²) < 4.78 is 5.70. The molecule has 80 valence electrons. The van der Waals surface area contributed by atoms with E-state index in [9.17, 15) is 4.79 Å². The van der Waals surface area contributed by atoms with Crippen LogP contribution in [-0.4, -0.2) is 5.91 Å². The number of ether oxygens (including phenoxy) is 1. The van der Waals surface area contributed by atoms with E-state index in [0.717, 1.165) is 11.3 Å². The van der Waals surface area contributed by atoms with Crippen LogP contribution in [0.1, 0.15) is 44.1 Å². The molecule has 1 N–H and O–H groups in total. The second kappa shape index (κ2) is 3.66. The summed E-state index contributed by atoms with van der Waals surface area (Å²) in [7, 11) is 0. The Balaban J connectivity index is 2.45. The summed E-state index contributed by atoms with van der Waals surface area (Å²) in [4.78, 5) is 11.0. The summed E-state index contributed by atoms with van der Waals surface area (Å²) in [6.07, 6.45) is 0.168. The first-order valence-corrected chi connectivity index (χ1v) is 5.15. The van der Waals surface area contributed by atoms with Gasteiger partial charge in [-0.3, -0.25) is 4.79 Å². The maximum Gasteiger partial charge on any atom is 0.221 e. The van der Waals surface area contributed by atoms with E-state index in [2.05, 4.69) is 11.4 Å². The van der Waals surface area contributed by atoms with E-state index in [-0.39, 0.29) is 18.1 Å². The Labute approximate surface area is 89.4 Å². The van der Waals surface area contributed by atoms with E-state index in [4.69, 9.17) is 4.74 Å². The average molecular weight is 205 g/mol. The van der Waals surface area contributed by atoms with Crippen molar-refractivity contribution in [3.05, 3.63) is 29.3 Å². The molecule has 0 radical (unpaired) electrons. The minimum Gasteiger partial charge on any atom is -0.366 e. The lowest BCUT2D eigenvalue weighted by molar-refractivity contribution is -0.114. The number of carbonyl (C=O) groups excluding carboxylic acids is 1. The van der Waals surface area contributed by atoms with Gasteiger partial charge in [-0.25, -0.2) is 0 Å². The van der Waals surface area contributed by atoms with Crippen LogP contribution in [0.4, 0.5) is 5.69 Å². The van der Waals surface area contributed by atoms with Gasteiger partial charge >= 0.3 is 0 Å². The number of rotatable bonds is 1. The Morgan fingerprint density at radius 3 is 2.73 bits per heavy atom. The van der Waals surface area contributed by atoms with Gasteiger partial charge < -0.3 is 10.1 Å². The van der Waals surface area contributed by atoms with Crippen molar-refractivity contribution in [2.75, 3.05) is 5.32 Å². The molecule has 0 bridgehead atoms. The van der Waals surface area contributed by atoms with E-state index in [1.54, 1.807) is 0 Å². The van der Waals surface area contributed by atoms with E-state index < -0.39 is 0 Å². The van der Waals surface area contributed by atoms with Gasteiger partial charge in [0.05, 0.1) is 12.2 Å². The van der Waals surface area contributed by atoms with Gasteiger partial charge in [-0.05, 0) is 25.5 Å². The van der Waals surface area contributed by atoms with Crippen molar-refractivity contribution in [3.8, 4) is 0 Å². The van der Waals surface area contributed by atoms with Crippen LogP contribution in [0, 0.1) is 0 Å². The number of hydrogen-bond acceptors (Lipinski definition) is 2. The molecule has 1 amide bonds. The molecule has 3 nitrogen and oxygen atoms in total. The minimum atomic E-state index is -0.0462. The fourth-order valence-corrected chi connectivity index (χ4v) is 2.14. The smallest absolute Gasteiger partial charge is 0.221 e. The van der Waals surface area contributed by atoms with Crippen molar-refractivity contribution in [1.82, 2.24) is 0 Å². The van der Waals surface area contributed by atoms with Crippen molar-refractivity contribution in [2.45, 2.75) is 33.0 Å². The van der Waals surface area contributed by atoms with Gasteiger partial charge in [-0.1, -0.05) is 12.1 Å². The van der Waals surface area contributed by atoms with E-state index in [1.165, 1.54) is 12.5 Å². The van der Waals surface area contributed by atoms with Crippen molar-refractivity contribution < 1.29 is 9.53 Å². The van der Waals surface area contributed by atoms with Crippen LogP contribution < -0.4 is 5.32 Å². The molecule has 0 spiro atoms. The zero-order valence-electron chi connectivity index (χ0n) is 9.20. The quantitative estimate of drug-likeness (QED) is 0.765. The summed E-state index contributed by atoms with van der Waals surface area (Å²) in [5.41, 5.74) is 3.16. The van der Waals surface area contributed by atoms with Crippen LogP contribution >= 0.6 is 0 Å². The van der Waals surface area contributed by atoms with Crippen LogP contribution in [0.5, 0.6) is 0 Å². The lowest BCUT2D eigenvalue weighted by atomic mass is 10.0. The number of anilines is 1. The second-order valence-electron chi connectivity index (χ2n) is 3.91. The SMILES string of the molecule is CC(=O)Nc1cccc2c1C(C)OC2C. The molecule has 0 saturated carbocycles. The first kappa shape index (κ1) is 10.2. The molecule has 15 heavy (non-hydrogen) atoms. The Kier molecular flexibility index (Phi) is 2.49. The summed E-state index contributed by atoms with van der Waals surface area (Å²) in [5, 5.41) is 2.84. The number of nitrogens with one attached hydrogen (secondary N) is 1. The Hall–Kier alpha value is -1.35. The van der Waals surface area contributed by atoms with Crippen LogP contribution in [0.25, 0.3) is 0 Å². The maximum absolute atomic E-state index is 11.0. The van der Waals surface area contributed by atoms with Gasteiger partial charge in [0.25, 0.3) is 0 Å². The molecule has 1 aromatic rings. The predicted molar refractivity (Wildman–Crippen MR) is 58.7 cm³/mol. The fourth-order valence-electron chi connectivity index (χ4n) is 2.14. The van der Waals surface area contributed by atoms with Gasteiger partial charge in [-0.2, -0.15) is 0 Å². The molecule has 1 aliphatic rings. The van der Waals surface area contributed by atoms with Crippen molar-refractivity contribution in [2.24, 2.45) is 0 Å². The second-order valence-corrected chi connectivity index (χ2v) is 3.91. The largest absolute Gasteiger partial charge is 0.366 e. The molecule has 2 rings (SSSR count). The first-order chi connectivity index (χ1) is 7.09. The summed E-state index contributed by atoms with van der Waals surface area (Å²) in [5.74, 6) is -0.0462. The maximum atomic E-state index is 11.0. The first-order valence-electron chi connectivity index (χ1n) is 5.15. The van der Waals surface area contributed by atoms with Crippen LogP contribution in [0.3, 0.4) is 0 Å².